The minimum absolute atomic E-state index is 0.0336. The summed E-state index contributed by atoms with van der Waals surface area (Å²) in [7, 11) is 2.01. The number of nitrogens with two attached hydrogens (primary N) is 1. The second-order valence-corrected chi connectivity index (χ2v) is 11.6. The predicted molar refractivity (Wildman–Crippen MR) is 169 cm³/mol. The summed E-state index contributed by atoms with van der Waals surface area (Å²) in [5, 5.41) is 19.4. The van der Waals surface area contributed by atoms with Gasteiger partial charge in [-0.1, -0.05) is 44.1 Å². The first-order chi connectivity index (χ1) is 20.7. The standard InChI is InChI=1S/C24H28N6O.C9H13NO2/c1-27-17-9-11-18(12-10-17)30-24-21(23(26)28-15-29-24)22(25)16-7-13-20(14-8-16)31-19-5-3-2-4-6-19;1-9(2,3)8-6-7(4-5-11)10-12-8/h2-8,13-15,17-18,25,27H,9-12H2,1H3,(H3,26,28,29,30);5-6H,4H2,1-3H3. The van der Waals surface area contributed by atoms with Crippen LogP contribution in [0.1, 0.15) is 69.0 Å². The average Bonchev–Trinajstić information content (AvgIpc) is 3.49. The van der Waals surface area contributed by atoms with Crippen molar-refractivity contribution < 1.29 is 14.1 Å². The smallest absolute Gasteiger partial charge is 0.142 e. The van der Waals surface area contributed by atoms with Crippen LogP contribution in [-0.2, 0) is 16.6 Å². The van der Waals surface area contributed by atoms with E-state index in [1.807, 2.05) is 88.5 Å². The molecule has 10 nitrogen and oxygen atoms in total. The third-order valence-electron chi connectivity index (χ3n) is 7.32. The zero-order chi connectivity index (χ0) is 30.8. The SMILES string of the molecule is CC(C)(C)c1cc(CC=O)no1.CNC1CCC(Nc2ncnc(N)c2C(=N)c2ccc(Oc3ccccc3)cc2)CC1. The zero-order valence-corrected chi connectivity index (χ0v) is 25.3. The maximum Gasteiger partial charge on any atom is 0.142 e. The van der Waals surface area contributed by atoms with Crippen molar-refractivity contribution in [2.24, 2.45) is 0 Å². The van der Waals surface area contributed by atoms with E-state index in [0.29, 0.717) is 47.1 Å². The van der Waals surface area contributed by atoms with Crippen molar-refractivity contribution >= 4 is 23.6 Å². The Morgan fingerprint density at radius 2 is 1.67 bits per heavy atom. The maximum absolute atomic E-state index is 10.2. The topological polar surface area (TPSA) is 152 Å². The van der Waals surface area contributed by atoms with Crippen LogP contribution in [-0.4, -0.2) is 46.3 Å². The summed E-state index contributed by atoms with van der Waals surface area (Å²) in [6, 6.07) is 19.7. The van der Waals surface area contributed by atoms with Crippen LogP contribution >= 0.6 is 0 Å². The molecule has 0 saturated heterocycles. The highest BCUT2D eigenvalue weighted by Gasteiger charge is 2.23. The largest absolute Gasteiger partial charge is 0.457 e. The first-order valence-corrected chi connectivity index (χ1v) is 14.5. The van der Waals surface area contributed by atoms with Gasteiger partial charge in [-0.25, -0.2) is 9.97 Å². The van der Waals surface area contributed by atoms with E-state index in [-0.39, 0.29) is 11.1 Å². The third-order valence-corrected chi connectivity index (χ3v) is 7.32. The molecule has 1 aliphatic carbocycles. The van der Waals surface area contributed by atoms with Crippen LogP contribution in [0.15, 0.2) is 71.5 Å². The van der Waals surface area contributed by atoms with Crippen molar-refractivity contribution in [3.05, 3.63) is 89.6 Å². The number of nitrogens with one attached hydrogen (secondary N) is 3. The summed E-state index contributed by atoms with van der Waals surface area (Å²) < 4.78 is 10.9. The molecule has 2 heterocycles. The van der Waals surface area contributed by atoms with Crippen LogP contribution < -0.4 is 21.1 Å². The van der Waals surface area contributed by atoms with Crippen molar-refractivity contribution in [2.75, 3.05) is 18.1 Å². The normalized spacial score (nSPS) is 16.5. The second kappa shape index (κ2) is 14.6. The number of nitrogen functional groups attached to an aromatic ring is 1. The van der Waals surface area contributed by atoms with Crippen LogP contribution in [0, 0.1) is 5.41 Å². The molecule has 1 aliphatic rings. The number of hydrogen-bond acceptors (Lipinski definition) is 10. The Kier molecular flexibility index (Phi) is 10.6. The highest BCUT2D eigenvalue weighted by molar-refractivity contribution is 6.16. The van der Waals surface area contributed by atoms with E-state index in [4.69, 9.17) is 20.4 Å². The molecule has 2 aromatic carbocycles. The van der Waals surface area contributed by atoms with Crippen molar-refractivity contribution in [3.63, 3.8) is 0 Å². The van der Waals surface area contributed by atoms with E-state index in [0.717, 1.165) is 49.0 Å². The number of nitrogens with zero attached hydrogens (tertiary/aromatic N) is 3. The highest BCUT2D eigenvalue weighted by Crippen LogP contribution is 2.28. The summed E-state index contributed by atoms with van der Waals surface area (Å²) in [6.45, 7) is 6.12. The molecule has 0 aliphatic heterocycles. The second-order valence-electron chi connectivity index (χ2n) is 11.6. The number of para-hydroxylation sites is 1. The molecule has 10 heteroatoms. The molecule has 1 saturated carbocycles. The maximum atomic E-state index is 10.2. The molecule has 226 valence electrons. The number of aldehydes is 1. The molecule has 0 amide bonds. The Bertz CT molecular complexity index is 1470. The van der Waals surface area contributed by atoms with Crippen LogP contribution in [0.5, 0.6) is 11.5 Å². The van der Waals surface area contributed by atoms with Gasteiger partial charge in [0.2, 0.25) is 0 Å². The molecular weight excluding hydrogens is 542 g/mol. The number of ether oxygens (including phenoxy) is 1. The number of carbonyl (C=O) groups is 1. The predicted octanol–water partition coefficient (Wildman–Crippen LogP) is 5.92. The van der Waals surface area contributed by atoms with Crippen LogP contribution in [0.3, 0.4) is 0 Å². The highest BCUT2D eigenvalue weighted by atomic mass is 16.5. The molecule has 5 rings (SSSR count). The van der Waals surface area contributed by atoms with E-state index >= 15 is 0 Å². The first-order valence-electron chi connectivity index (χ1n) is 14.5. The van der Waals surface area contributed by atoms with Gasteiger partial charge in [0, 0.05) is 35.5 Å². The lowest BCUT2D eigenvalue weighted by atomic mass is 9.91. The van der Waals surface area contributed by atoms with Crippen LogP contribution in [0.25, 0.3) is 0 Å². The van der Waals surface area contributed by atoms with Crippen molar-refractivity contribution in [1.29, 1.82) is 5.41 Å². The number of aromatic nitrogens is 3. The zero-order valence-electron chi connectivity index (χ0n) is 25.3. The number of benzene rings is 2. The summed E-state index contributed by atoms with van der Waals surface area (Å²) >= 11 is 0. The Hall–Kier alpha value is -4.57. The van der Waals surface area contributed by atoms with E-state index in [1.54, 1.807) is 0 Å². The Morgan fingerprint density at radius 1 is 1.02 bits per heavy atom. The summed E-state index contributed by atoms with van der Waals surface area (Å²) in [5.74, 6) is 3.22. The van der Waals surface area contributed by atoms with E-state index in [9.17, 15) is 4.79 Å². The van der Waals surface area contributed by atoms with E-state index < -0.39 is 0 Å². The molecule has 1 fully saturated rings. The molecular formula is C33H41N7O3. The van der Waals surface area contributed by atoms with Crippen LogP contribution in [0.4, 0.5) is 11.6 Å². The fourth-order valence-electron chi connectivity index (χ4n) is 4.78. The Balaban J connectivity index is 0.000000296. The quantitative estimate of drug-likeness (QED) is 0.139. The molecule has 4 aromatic rings. The first kappa shape index (κ1) is 31.4. The lowest BCUT2D eigenvalue weighted by molar-refractivity contribution is -0.107. The lowest BCUT2D eigenvalue weighted by Gasteiger charge is -2.29. The molecule has 0 atom stereocenters. The molecule has 43 heavy (non-hydrogen) atoms. The number of carbonyl (C=O) groups excluding carboxylic acids is 1. The summed E-state index contributed by atoms with van der Waals surface area (Å²) in [4.78, 5) is 18.7. The van der Waals surface area contributed by atoms with Gasteiger partial charge in [-0.3, -0.25) is 5.41 Å². The Labute approximate surface area is 253 Å². The van der Waals surface area contributed by atoms with Crippen LogP contribution in [0.2, 0.25) is 0 Å². The molecule has 0 unspecified atom stereocenters. The van der Waals surface area contributed by atoms with Gasteiger partial charge in [0.15, 0.2) is 0 Å². The van der Waals surface area contributed by atoms with Gasteiger partial charge < -0.3 is 30.4 Å². The minimum atomic E-state index is -0.0336. The van der Waals surface area contributed by atoms with E-state index in [1.165, 1.54) is 6.33 Å². The number of rotatable bonds is 9. The van der Waals surface area contributed by atoms with Crippen molar-refractivity contribution in [3.8, 4) is 11.5 Å². The minimum Gasteiger partial charge on any atom is -0.457 e. The lowest BCUT2D eigenvalue weighted by Crippen LogP contribution is -2.35. The third kappa shape index (κ3) is 8.71. The van der Waals surface area contributed by atoms with Gasteiger partial charge in [-0.15, -0.1) is 0 Å². The molecule has 0 bridgehead atoms. The fraction of sp³-hybridized carbons (Fsp3) is 0.364. The number of anilines is 2. The van der Waals surface area contributed by atoms with Gasteiger partial charge in [0.1, 0.15) is 41.5 Å². The monoisotopic (exact) mass is 583 g/mol. The average molecular weight is 584 g/mol. The van der Waals surface area contributed by atoms with Crippen molar-refractivity contribution in [2.45, 2.75) is 70.4 Å². The Morgan fingerprint density at radius 3 is 2.28 bits per heavy atom. The summed E-state index contributed by atoms with van der Waals surface area (Å²) in [5.41, 5.74) is 8.39. The van der Waals surface area contributed by atoms with Gasteiger partial charge in [-0.2, -0.15) is 0 Å². The van der Waals surface area contributed by atoms with Crippen molar-refractivity contribution in [1.82, 2.24) is 20.4 Å². The van der Waals surface area contributed by atoms with Gasteiger partial charge in [0.25, 0.3) is 0 Å². The van der Waals surface area contributed by atoms with E-state index in [2.05, 4.69) is 25.8 Å². The molecule has 5 N–H and O–H groups in total. The number of hydrogen-bond donors (Lipinski definition) is 4. The molecule has 0 spiro atoms. The molecule has 0 radical (unpaired) electrons. The van der Waals surface area contributed by atoms with Gasteiger partial charge >= 0.3 is 0 Å². The van der Waals surface area contributed by atoms with Gasteiger partial charge in [0.05, 0.1) is 17.0 Å². The van der Waals surface area contributed by atoms with Gasteiger partial charge in [-0.05, 0) is 69.1 Å². The fourth-order valence-corrected chi connectivity index (χ4v) is 4.78. The molecule has 2 aromatic heterocycles. The summed E-state index contributed by atoms with van der Waals surface area (Å²) in [6.07, 6.45) is 6.94.